The molecule has 0 aromatic heterocycles. The van der Waals surface area contributed by atoms with Crippen LogP contribution in [0.1, 0.15) is 28.7 Å². The number of rotatable bonds is 11. The van der Waals surface area contributed by atoms with Gasteiger partial charge in [-0.25, -0.2) is 14.8 Å². The van der Waals surface area contributed by atoms with E-state index in [0.717, 1.165) is 22.2 Å². The molecule has 212 valence electrons. The summed E-state index contributed by atoms with van der Waals surface area (Å²) in [5.41, 5.74) is 4.02. The van der Waals surface area contributed by atoms with Crippen molar-refractivity contribution < 1.29 is 36.9 Å². The number of carbonyl (C=O) groups excluding carboxylic acids is 1. The standard InChI is InChI=1S/C28H26BrF4N3O4/c29-22-6-2-18(3-7-22)15-27(17-40-25(35-27)20-4-8-24(9-5-20)39-11-1-10-37)26(38)36-34-16-19-12-21(28(31,32)33)14-23(30)13-19/h2-9,12-14,34,37H,1,10-11,15-17H2,(H,36,38)/t27-/m0/s1. The topological polar surface area (TPSA) is 92.2 Å². The van der Waals surface area contributed by atoms with Gasteiger partial charge in [-0.15, -0.1) is 0 Å². The molecular formula is C28H26BrF4N3O4. The summed E-state index contributed by atoms with van der Waals surface area (Å²) >= 11 is 3.38. The number of aliphatic hydroxyl groups excluding tert-OH is 1. The van der Waals surface area contributed by atoms with Gasteiger partial charge in [-0.05, 0) is 65.7 Å². The number of alkyl halides is 3. The molecule has 3 N–H and O–H groups in total. The number of hydrogen-bond donors (Lipinski definition) is 3. The highest BCUT2D eigenvalue weighted by atomic mass is 79.9. The molecule has 40 heavy (non-hydrogen) atoms. The Bertz CT molecular complexity index is 1350. The molecule has 3 aromatic rings. The van der Waals surface area contributed by atoms with E-state index < -0.39 is 29.0 Å². The van der Waals surface area contributed by atoms with Crippen LogP contribution >= 0.6 is 15.9 Å². The number of nitrogens with one attached hydrogen (secondary N) is 2. The van der Waals surface area contributed by atoms with Crippen LogP contribution in [0.2, 0.25) is 0 Å². The zero-order chi connectivity index (χ0) is 28.8. The minimum absolute atomic E-state index is 0.00254. The first kappa shape index (κ1) is 29.5. The highest BCUT2D eigenvalue weighted by Crippen LogP contribution is 2.31. The molecule has 7 nitrogen and oxygen atoms in total. The molecule has 1 amide bonds. The number of aliphatic hydroxyl groups is 1. The van der Waals surface area contributed by atoms with Crippen LogP contribution in [0, 0.1) is 5.82 Å². The van der Waals surface area contributed by atoms with Crippen molar-refractivity contribution in [2.45, 2.75) is 31.1 Å². The Morgan fingerprint density at radius 2 is 1.80 bits per heavy atom. The molecule has 3 aromatic carbocycles. The number of carbonyl (C=O) groups is 1. The molecule has 1 atom stereocenters. The SMILES string of the molecule is O=C(NNCc1cc(F)cc(C(F)(F)F)c1)[C@]1(Cc2ccc(Br)cc2)COC(c2ccc(OCCCO)cc2)=N1. The van der Waals surface area contributed by atoms with Gasteiger partial charge in [0, 0.05) is 36.0 Å². The Hall–Kier alpha value is -3.48. The average Bonchev–Trinajstić information content (AvgIpc) is 3.35. The third-order valence-corrected chi connectivity index (χ3v) is 6.58. The summed E-state index contributed by atoms with van der Waals surface area (Å²) in [7, 11) is 0. The van der Waals surface area contributed by atoms with Gasteiger partial charge in [0.2, 0.25) is 5.90 Å². The molecule has 0 aliphatic carbocycles. The number of ether oxygens (including phenoxy) is 2. The molecule has 1 aliphatic heterocycles. The summed E-state index contributed by atoms with van der Waals surface area (Å²) in [5, 5.41) is 8.90. The van der Waals surface area contributed by atoms with Crippen molar-refractivity contribution in [2.75, 3.05) is 19.8 Å². The van der Waals surface area contributed by atoms with Crippen LogP contribution in [0.15, 0.2) is 76.2 Å². The van der Waals surface area contributed by atoms with Gasteiger partial charge in [0.25, 0.3) is 5.91 Å². The molecule has 0 unspecified atom stereocenters. The maximum absolute atomic E-state index is 13.8. The van der Waals surface area contributed by atoms with Gasteiger partial charge >= 0.3 is 6.18 Å². The first-order valence-electron chi connectivity index (χ1n) is 12.3. The Morgan fingerprint density at radius 1 is 1.07 bits per heavy atom. The second-order valence-corrected chi connectivity index (χ2v) is 10.1. The van der Waals surface area contributed by atoms with Crippen molar-refractivity contribution in [2.24, 2.45) is 4.99 Å². The summed E-state index contributed by atoms with van der Waals surface area (Å²) in [6.45, 7) is 0.0514. The Balaban J connectivity index is 1.51. The number of nitrogens with zero attached hydrogens (tertiary/aromatic N) is 1. The van der Waals surface area contributed by atoms with Crippen molar-refractivity contribution in [1.82, 2.24) is 10.9 Å². The average molecular weight is 624 g/mol. The molecule has 0 saturated heterocycles. The van der Waals surface area contributed by atoms with Crippen molar-refractivity contribution >= 4 is 27.7 Å². The first-order valence-corrected chi connectivity index (χ1v) is 13.1. The van der Waals surface area contributed by atoms with Gasteiger partial charge in [0.15, 0.2) is 5.54 Å². The second-order valence-electron chi connectivity index (χ2n) is 9.14. The van der Waals surface area contributed by atoms with E-state index in [1.165, 1.54) is 0 Å². The predicted octanol–water partition coefficient (Wildman–Crippen LogP) is 4.95. The largest absolute Gasteiger partial charge is 0.494 e. The molecule has 0 fully saturated rings. The lowest BCUT2D eigenvalue weighted by Gasteiger charge is -2.23. The highest BCUT2D eigenvalue weighted by molar-refractivity contribution is 9.10. The minimum atomic E-state index is -4.70. The third-order valence-electron chi connectivity index (χ3n) is 6.05. The number of benzene rings is 3. The first-order chi connectivity index (χ1) is 19.1. The molecule has 0 saturated carbocycles. The van der Waals surface area contributed by atoms with E-state index in [1.54, 1.807) is 24.3 Å². The van der Waals surface area contributed by atoms with Gasteiger partial charge in [0.1, 0.15) is 18.2 Å². The molecule has 1 heterocycles. The van der Waals surface area contributed by atoms with E-state index >= 15 is 0 Å². The number of halogens is 5. The number of hydrogen-bond acceptors (Lipinski definition) is 6. The fourth-order valence-corrected chi connectivity index (χ4v) is 4.29. The summed E-state index contributed by atoms with van der Waals surface area (Å²) in [6, 6.07) is 16.4. The molecule has 0 spiro atoms. The molecule has 0 bridgehead atoms. The second kappa shape index (κ2) is 12.8. The lowest BCUT2D eigenvalue weighted by Crippen LogP contribution is -2.52. The maximum Gasteiger partial charge on any atom is 0.416 e. The van der Waals surface area contributed by atoms with E-state index in [1.807, 2.05) is 24.3 Å². The van der Waals surface area contributed by atoms with Gasteiger partial charge in [-0.1, -0.05) is 28.1 Å². The van der Waals surface area contributed by atoms with E-state index in [0.29, 0.717) is 30.4 Å². The Kier molecular flexibility index (Phi) is 9.44. The highest BCUT2D eigenvalue weighted by Gasteiger charge is 2.44. The molecule has 1 aliphatic rings. The lowest BCUT2D eigenvalue weighted by molar-refractivity contribution is -0.137. The van der Waals surface area contributed by atoms with Crippen LogP contribution < -0.4 is 15.6 Å². The third kappa shape index (κ3) is 7.58. The summed E-state index contributed by atoms with van der Waals surface area (Å²) in [4.78, 5) is 18.1. The van der Waals surface area contributed by atoms with Gasteiger partial charge in [0.05, 0.1) is 12.2 Å². The van der Waals surface area contributed by atoms with Crippen molar-refractivity contribution in [1.29, 1.82) is 0 Å². The fourth-order valence-electron chi connectivity index (χ4n) is 4.03. The molecule has 4 rings (SSSR count). The van der Waals surface area contributed by atoms with Crippen LogP contribution in [0.5, 0.6) is 5.75 Å². The predicted molar refractivity (Wildman–Crippen MR) is 143 cm³/mol. The normalized spacial score (nSPS) is 16.8. The maximum atomic E-state index is 13.8. The zero-order valence-corrected chi connectivity index (χ0v) is 22.7. The van der Waals surface area contributed by atoms with Crippen LogP contribution in [0.25, 0.3) is 0 Å². The number of amides is 1. The van der Waals surface area contributed by atoms with Crippen molar-refractivity contribution in [3.8, 4) is 5.75 Å². The lowest BCUT2D eigenvalue weighted by atomic mass is 9.91. The van der Waals surface area contributed by atoms with Crippen molar-refractivity contribution in [3.63, 3.8) is 0 Å². The molecular weight excluding hydrogens is 598 g/mol. The molecule has 12 heteroatoms. The summed E-state index contributed by atoms with van der Waals surface area (Å²) < 4.78 is 65.2. The minimum Gasteiger partial charge on any atom is -0.494 e. The quantitative estimate of drug-likeness (QED) is 0.160. The summed E-state index contributed by atoms with van der Waals surface area (Å²) in [6.07, 6.45) is -4.02. The van der Waals surface area contributed by atoms with E-state index in [4.69, 9.17) is 14.6 Å². The van der Waals surface area contributed by atoms with Gasteiger partial charge < -0.3 is 14.6 Å². The van der Waals surface area contributed by atoms with E-state index in [-0.39, 0.29) is 37.6 Å². The monoisotopic (exact) mass is 623 g/mol. The van der Waals surface area contributed by atoms with Gasteiger partial charge in [-0.3, -0.25) is 10.2 Å². The van der Waals surface area contributed by atoms with Gasteiger partial charge in [-0.2, -0.15) is 13.2 Å². The molecule has 0 radical (unpaired) electrons. The van der Waals surface area contributed by atoms with Crippen molar-refractivity contribution in [3.05, 3.63) is 99.3 Å². The van der Waals surface area contributed by atoms with E-state index in [9.17, 15) is 22.4 Å². The Labute approximate surface area is 236 Å². The van der Waals surface area contributed by atoms with Crippen LogP contribution in [0.4, 0.5) is 17.6 Å². The fraction of sp³-hybridized carbons (Fsp3) is 0.286. The number of hydrazine groups is 1. The zero-order valence-electron chi connectivity index (χ0n) is 21.1. The van der Waals surface area contributed by atoms with Crippen LogP contribution in [-0.2, 0) is 28.7 Å². The van der Waals surface area contributed by atoms with Crippen LogP contribution in [-0.4, -0.2) is 42.3 Å². The number of aliphatic imine (C=N–C) groups is 1. The summed E-state index contributed by atoms with van der Waals surface area (Å²) in [5.74, 6) is -0.756. The van der Waals surface area contributed by atoms with E-state index in [2.05, 4.69) is 31.8 Å². The smallest absolute Gasteiger partial charge is 0.416 e. The Morgan fingerprint density at radius 3 is 2.48 bits per heavy atom. The van der Waals surface area contributed by atoms with Crippen LogP contribution in [0.3, 0.4) is 0 Å².